The van der Waals surface area contributed by atoms with Gasteiger partial charge in [-0.05, 0) is 55.2 Å². The third-order valence-electron chi connectivity index (χ3n) is 5.29. The van der Waals surface area contributed by atoms with Crippen molar-refractivity contribution in [3.05, 3.63) is 62.6 Å². The predicted octanol–water partition coefficient (Wildman–Crippen LogP) is 4.69. The van der Waals surface area contributed by atoms with Crippen molar-refractivity contribution in [2.45, 2.75) is 25.5 Å². The van der Waals surface area contributed by atoms with Crippen molar-refractivity contribution < 1.29 is 17.9 Å². The monoisotopic (exact) mass is 518 g/mol. The zero-order valence-electron chi connectivity index (χ0n) is 17.6. The number of ether oxygens (including phenoxy) is 1. The first kappa shape index (κ1) is 25.1. The normalized spacial score (nSPS) is 17.2. The van der Waals surface area contributed by atoms with Crippen LogP contribution in [-0.2, 0) is 20.6 Å². The van der Waals surface area contributed by atoms with Crippen molar-refractivity contribution in [1.82, 2.24) is 9.62 Å². The average molecular weight is 520 g/mol. The molecule has 2 aromatic carbocycles. The topological polar surface area (TPSA) is 75.7 Å². The largest absolute Gasteiger partial charge is 0.492 e. The van der Waals surface area contributed by atoms with E-state index in [1.165, 1.54) is 4.31 Å². The van der Waals surface area contributed by atoms with E-state index >= 15 is 0 Å². The van der Waals surface area contributed by atoms with Crippen molar-refractivity contribution in [2.24, 2.45) is 5.92 Å². The summed E-state index contributed by atoms with van der Waals surface area (Å²) in [5.74, 6) is -0.135. The molecule has 0 bridgehead atoms. The zero-order chi connectivity index (χ0) is 23.3. The predicted molar refractivity (Wildman–Crippen MR) is 128 cm³/mol. The summed E-state index contributed by atoms with van der Waals surface area (Å²) in [7, 11) is -3.59. The highest BCUT2D eigenvalue weighted by molar-refractivity contribution is 7.88. The van der Waals surface area contributed by atoms with Crippen LogP contribution >= 0.6 is 34.8 Å². The fraction of sp³-hybridized carbons (Fsp3) is 0.409. The lowest BCUT2D eigenvalue weighted by Gasteiger charge is -2.31. The average Bonchev–Trinajstić information content (AvgIpc) is 2.76. The minimum Gasteiger partial charge on any atom is -0.492 e. The van der Waals surface area contributed by atoms with Gasteiger partial charge in [-0.3, -0.25) is 4.79 Å². The molecule has 1 saturated heterocycles. The summed E-state index contributed by atoms with van der Waals surface area (Å²) in [6.07, 6.45) is 1.26. The second-order valence-corrected chi connectivity index (χ2v) is 10.9. The summed E-state index contributed by atoms with van der Waals surface area (Å²) >= 11 is 18.0. The lowest BCUT2D eigenvalue weighted by Crippen LogP contribution is -2.46. The van der Waals surface area contributed by atoms with E-state index in [1.807, 2.05) is 19.1 Å². The number of sulfonamides is 1. The van der Waals surface area contributed by atoms with Crippen LogP contribution in [0.15, 0.2) is 36.4 Å². The first-order valence-corrected chi connectivity index (χ1v) is 13.0. The van der Waals surface area contributed by atoms with Crippen molar-refractivity contribution >= 4 is 50.7 Å². The minimum atomic E-state index is -3.59. The van der Waals surface area contributed by atoms with E-state index in [4.69, 9.17) is 39.5 Å². The van der Waals surface area contributed by atoms with Crippen LogP contribution in [-0.4, -0.2) is 44.9 Å². The molecular weight excluding hydrogens is 495 g/mol. The van der Waals surface area contributed by atoms with Gasteiger partial charge in [-0.2, -0.15) is 0 Å². The van der Waals surface area contributed by atoms with Crippen LogP contribution in [0.1, 0.15) is 24.0 Å². The molecule has 0 unspecified atom stereocenters. The maximum absolute atomic E-state index is 12.9. The van der Waals surface area contributed by atoms with Gasteiger partial charge >= 0.3 is 0 Å². The van der Waals surface area contributed by atoms with Gasteiger partial charge in [0.2, 0.25) is 15.9 Å². The number of benzene rings is 2. The number of hydrogen-bond donors (Lipinski definition) is 1. The van der Waals surface area contributed by atoms with Crippen LogP contribution in [0.3, 0.4) is 0 Å². The van der Waals surface area contributed by atoms with Crippen LogP contribution in [0.4, 0.5) is 0 Å². The SMILES string of the molecule is Cc1ccc(OCCNC(=O)[C@@H]2CCCN(S(=O)(=O)Cc3ccc(Cl)c(Cl)c3)C2)cc1Cl. The van der Waals surface area contributed by atoms with Crippen LogP contribution in [0, 0.1) is 12.8 Å². The Hall–Kier alpha value is -1.51. The molecule has 1 amide bonds. The summed E-state index contributed by atoms with van der Waals surface area (Å²) in [5.41, 5.74) is 1.52. The van der Waals surface area contributed by atoms with Gasteiger partial charge in [0.05, 0.1) is 28.3 Å². The molecule has 0 aliphatic carbocycles. The van der Waals surface area contributed by atoms with Crippen molar-refractivity contribution in [2.75, 3.05) is 26.2 Å². The fourth-order valence-electron chi connectivity index (χ4n) is 3.49. The Morgan fingerprint density at radius 1 is 1.12 bits per heavy atom. The highest BCUT2D eigenvalue weighted by Crippen LogP contribution is 2.26. The number of halogens is 3. The molecule has 0 saturated carbocycles. The van der Waals surface area contributed by atoms with Gasteiger partial charge in [-0.1, -0.05) is 46.9 Å². The highest BCUT2D eigenvalue weighted by atomic mass is 35.5. The van der Waals surface area contributed by atoms with Crippen LogP contribution in [0.2, 0.25) is 15.1 Å². The molecule has 3 rings (SSSR count). The summed E-state index contributed by atoms with van der Waals surface area (Å²) in [5, 5.41) is 4.14. The molecule has 2 aromatic rings. The Balaban J connectivity index is 1.50. The molecule has 6 nitrogen and oxygen atoms in total. The van der Waals surface area contributed by atoms with E-state index in [0.29, 0.717) is 52.3 Å². The fourth-order valence-corrected chi connectivity index (χ4v) is 5.58. The number of amides is 1. The van der Waals surface area contributed by atoms with Gasteiger partial charge in [0.15, 0.2) is 0 Å². The van der Waals surface area contributed by atoms with E-state index in [2.05, 4.69) is 5.32 Å². The van der Waals surface area contributed by atoms with E-state index < -0.39 is 15.9 Å². The molecule has 32 heavy (non-hydrogen) atoms. The van der Waals surface area contributed by atoms with Gasteiger partial charge in [-0.15, -0.1) is 0 Å². The number of nitrogens with one attached hydrogen (secondary N) is 1. The number of nitrogens with zero attached hydrogens (tertiary/aromatic N) is 1. The van der Waals surface area contributed by atoms with E-state index in [0.717, 1.165) is 5.56 Å². The maximum atomic E-state index is 12.9. The first-order valence-electron chi connectivity index (χ1n) is 10.2. The van der Waals surface area contributed by atoms with Crippen LogP contribution in [0.25, 0.3) is 0 Å². The van der Waals surface area contributed by atoms with Gasteiger partial charge in [0, 0.05) is 18.1 Å². The summed E-state index contributed by atoms with van der Waals surface area (Å²) in [6, 6.07) is 10.2. The van der Waals surface area contributed by atoms with Crippen molar-refractivity contribution in [1.29, 1.82) is 0 Å². The second kappa shape index (κ2) is 11.1. The van der Waals surface area contributed by atoms with E-state index in [9.17, 15) is 13.2 Å². The molecule has 1 heterocycles. The van der Waals surface area contributed by atoms with Gasteiger partial charge in [-0.25, -0.2) is 12.7 Å². The summed E-state index contributed by atoms with van der Waals surface area (Å²) < 4.78 is 32.7. The lowest BCUT2D eigenvalue weighted by atomic mass is 9.99. The van der Waals surface area contributed by atoms with Crippen LogP contribution < -0.4 is 10.1 Å². The third-order valence-corrected chi connectivity index (χ3v) is 8.26. The third kappa shape index (κ3) is 6.75. The van der Waals surface area contributed by atoms with E-state index in [-0.39, 0.29) is 24.8 Å². The number of aryl methyl sites for hydroxylation is 1. The molecule has 1 N–H and O–H groups in total. The molecular formula is C22H25Cl3N2O4S. The van der Waals surface area contributed by atoms with Gasteiger partial charge < -0.3 is 10.1 Å². The van der Waals surface area contributed by atoms with Crippen molar-refractivity contribution in [3.63, 3.8) is 0 Å². The van der Waals surface area contributed by atoms with Gasteiger partial charge in [0.1, 0.15) is 12.4 Å². The van der Waals surface area contributed by atoms with Crippen molar-refractivity contribution in [3.8, 4) is 5.75 Å². The Kier molecular flexibility index (Phi) is 8.69. The molecule has 0 radical (unpaired) electrons. The number of rotatable bonds is 8. The minimum absolute atomic E-state index is 0.157. The Labute approximate surface area is 203 Å². The molecule has 174 valence electrons. The standard InChI is InChI=1S/C22H25Cl3N2O4S/c1-15-4-6-18(12-20(15)24)31-10-8-26-22(28)17-3-2-9-27(13-17)32(29,30)14-16-5-7-19(23)21(25)11-16/h4-7,11-12,17H,2-3,8-10,13-14H2,1H3,(H,26,28)/t17-/m1/s1. The quantitative estimate of drug-likeness (QED) is 0.513. The smallest absolute Gasteiger partial charge is 0.224 e. The molecule has 1 atom stereocenters. The zero-order valence-corrected chi connectivity index (χ0v) is 20.7. The van der Waals surface area contributed by atoms with E-state index in [1.54, 1.807) is 24.3 Å². The number of carbonyl (C=O) groups excluding carboxylic acids is 1. The number of hydrogen-bond acceptors (Lipinski definition) is 4. The number of piperidine rings is 1. The summed E-state index contributed by atoms with van der Waals surface area (Å²) in [6.45, 7) is 3.06. The first-order chi connectivity index (χ1) is 15.2. The molecule has 1 aliphatic rings. The molecule has 10 heteroatoms. The maximum Gasteiger partial charge on any atom is 0.224 e. The molecule has 0 aromatic heterocycles. The van der Waals surface area contributed by atoms with Gasteiger partial charge in [0.25, 0.3) is 0 Å². The molecule has 0 spiro atoms. The lowest BCUT2D eigenvalue weighted by molar-refractivity contribution is -0.126. The highest BCUT2D eigenvalue weighted by Gasteiger charge is 2.32. The molecule has 1 fully saturated rings. The van der Waals surface area contributed by atoms with Crippen LogP contribution in [0.5, 0.6) is 5.75 Å². The Bertz CT molecular complexity index is 1080. The summed E-state index contributed by atoms with van der Waals surface area (Å²) in [4.78, 5) is 12.6. The Morgan fingerprint density at radius 3 is 2.62 bits per heavy atom. The number of carbonyl (C=O) groups is 1. The molecule has 1 aliphatic heterocycles. The Morgan fingerprint density at radius 2 is 1.91 bits per heavy atom. The second-order valence-electron chi connectivity index (χ2n) is 7.75.